The van der Waals surface area contributed by atoms with Crippen LogP contribution in [0.4, 0.5) is 5.69 Å². The fourth-order valence-electron chi connectivity index (χ4n) is 1.76. The fraction of sp³-hybridized carbons (Fsp3) is 0.125. The zero-order valence-electron chi connectivity index (χ0n) is 12.1. The van der Waals surface area contributed by atoms with Crippen LogP contribution in [0.1, 0.15) is 10.4 Å². The molecule has 0 radical (unpaired) electrons. The number of para-hydroxylation sites is 1. The topological polar surface area (TPSA) is 64.6 Å². The SMILES string of the molecule is COc1cccc(C(=O)OCC(=O)Nc2c(Cl)cccc2Cl)c1. The molecule has 0 aromatic heterocycles. The first-order chi connectivity index (χ1) is 11.0. The van der Waals surface area contributed by atoms with Crippen LogP contribution >= 0.6 is 23.2 Å². The van der Waals surface area contributed by atoms with E-state index >= 15 is 0 Å². The molecule has 7 heteroatoms. The molecule has 2 aromatic rings. The molecule has 0 aliphatic rings. The molecule has 1 amide bonds. The van der Waals surface area contributed by atoms with Gasteiger partial charge in [-0.15, -0.1) is 0 Å². The molecule has 0 atom stereocenters. The smallest absolute Gasteiger partial charge is 0.338 e. The minimum absolute atomic E-state index is 0.276. The van der Waals surface area contributed by atoms with E-state index in [0.29, 0.717) is 15.8 Å². The minimum atomic E-state index is -0.635. The van der Waals surface area contributed by atoms with E-state index in [4.69, 9.17) is 32.7 Å². The number of carbonyl (C=O) groups excluding carboxylic acids is 2. The number of esters is 1. The summed E-state index contributed by atoms with van der Waals surface area (Å²) in [6.07, 6.45) is 0. The number of halogens is 2. The molecule has 0 unspecified atom stereocenters. The third-order valence-corrected chi connectivity index (χ3v) is 3.50. The molecule has 0 bridgehead atoms. The number of ether oxygens (including phenoxy) is 2. The Morgan fingerprint density at radius 1 is 1.09 bits per heavy atom. The van der Waals surface area contributed by atoms with Crippen LogP contribution in [-0.4, -0.2) is 25.6 Å². The summed E-state index contributed by atoms with van der Waals surface area (Å²) in [5, 5.41) is 3.10. The first-order valence-corrected chi connectivity index (χ1v) is 7.32. The van der Waals surface area contributed by atoms with Gasteiger partial charge in [0.25, 0.3) is 5.91 Å². The average molecular weight is 354 g/mol. The molecule has 120 valence electrons. The number of carbonyl (C=O) groups is 2. The highest BCUT2D eigenvalue weighted by Gasteiger charge is 2.13. The van der Waals surface area contributed by atoms with E-state index in [1.165, 1.54) is 13.2 Å². The second kappa shape index (κ2) is 7.85. The van der Waals surface area contributed by atoms with Crippen molar-refractivity contribution in [3.8, 4) is 5.75 Å². The van der Waals surface area contributed by atoms with E-state index in [9.17, 15) is 9.59 Å². The van der Waals surface area contributed by atoms with Crippen molar-refractivity contribution in [2.45, 2.75) is 0 Å². The Kier molecular flexibility index (Phi) is 5.84. The Labute approximate surface area is 143 Å². The van der Waals surface area contributed by atoms with Crippen LogP contribution in [0, 0.1) is 0 Å². The summed E-state index contributed by atoms with van der Waals surface area (Å²) in [4.78, 5) is 23.7. The Balaban J connectivity index is 1.95. The predicted octanol–water partition coefficient (Wildman–Crippen LogP) is 3.80. The Bertz CT molecular complexity index is 714. The van der Waals surface area contributed by atoms with Crippen molar-refractivity contribution < 1.29 is 19.1 Å². The van der Waals surface area contributed by atoms with E-state index in [-0.39, 0.29) is 11.3 Å². The van der Waals surface area contributed by atoms with Crippen LogP contribution in [0.5, 0.6) is 5.75 Å². The van der Waals surface area contributed by atoms with Gasteiger partial charge >= 0.3 is 5.97 Å². The normalized spacial score (nSPS) is 10.0. The summed E-state index contributed by atoms with van der Waals surface area (Å²) in [7, 11) is 1.49. The molecule has 0 heterocycles. The highest BCUT2D eigenvalue weighted by Crippen LogP contribution is 2.29. The fourth-order valence-corrected chi connectivity index (χ4v) is 2.25. The van der Waals surface area contributed by atoms with Crippen LogP contribution in [0.25, 0.3) is 0 Å². The number of hydrogen-bond donors (Lipinski definition) is 1. The summed E-state index contributed by atoms with van der Waals surface area (Å²) in [6, 6.07) is 11.3. The largest absolute Gasteiger partial charge is 0.497 e. The number of amides is 1. The van der Waals surface area contributed by atoms with Gasteiger partial charge in [-0.05, 0) is 30.3 Å². The highest BCUT2D eigenvalue weighted by atomic mass is 35.5. The van der Waals surface area contributed by atoms with Crippen molar-refractivity contribution in [2.75, 3.05) is 19.0 Å². The standard InChI is InChI=1S/C16H13Cl2NO4/c1-22-11-5-2-4-10(8-11)16(21)23-9-14(20)19-15-12(17)6-3-7-13(15)18/h2-8H,9H2,1H3,(H,19,20). The average Bonchev–Trinajstić information content (AvgIpc) is 2.56. The lowest BCUT2D eigenvalue weighted by molar-refractivity contribution is -0.119. The van der Waals surface area contributed by atoms with Crippen molar-refractivity contribution in [1.82, 2.24) is 0 Å². The molecular weight excluding hydrogens is 341 g/mol. The van der Waals surface area contributed by atoms with Gasteiger partial charge in [-0.3, -0.25) is 4.79 Å². The summed E-state index contributed by atoms with van der Waals surface area (Å²) < 4.78 is 9.97. The van der Waals surface area contributed by atoms with Gasteiger partial charge in [-0.1, -0.05) is 35.3 Å². The molecule has 0 fully saturated rings. The lowest BCUT2D eigenvalue weighted by Crippen LogP contribution is -2.21. The summed E-state index contributed by atoms with van der Waals surface area (Å²) in [5.74, 6) is -0.660. The van der Waals surface area contributed by atoms with Gasteiger partial charge < -0.3 is 14.8 Å². The van der Waals surface area contributed by atoms with Gasteiger partial charge in [-0.25, -0.2) is 4.79 Å². The number of rotatable bonds is 5. The van der Waals surface area contributed by atoms with E-state index in [1.54, 1.807) is 36.4 Å². The summed E-state index contributed by atoms with van der Waals surface area (Å²) >= 11 is 11.9. The van der Waals surface area contributed by atoms with Gasteiger partial charge in [-0.2, -0.15) is 0 Å². The molecule has 23 heavy (non-hydrogen) atoms. The minimum Gasteiger partial charge on any atom is -0.497 e. The Morgan fingerprint density at radius 3 is 2.39 bits per heavy atom. The quantitative estimate of drug-likeness (QED) is 0.830. The maximum atomic E-state index is 11.9. The number of nitrogens with one attached hydrogen (secondary N) is 1. The van der Waals surface area contributed by atoms with Crippen molar-refractivity contribution in [2.24, 2.45) is 0 Å². The van der Waals surface area contributed by atoms with Gasteiger partial charge in [0.15, 0.2) is 6.61 Å². The van der Waals surface area contributed by atoms with Crippen LogP contribution in [0.3, 0.4) is 0 Å². The Hall–Kier alpha value is -2.24. The monoisotopic (exact) mass is 353 g/mol. The third-order valence-electron chi connectivity index (χ3n) is 2.87. The van der Waals surface area contributed by atoms with Crippen LogP contribution in [0.2, 0.25) is 10.0 Å². The maximum Gasteiger partial charge on any atom is 0.338 e. The van der Waals surface area contributed by atoms with E-state index < -0.39 is 18.5 Å². The molecule has 0 saturated carbocycles. The lowest BCUT2D eigenvalue weighted by atomic mass is 10.2. The van der Waals surface area contributed by atoms with E-state index in [2.05, 4.69) is 5.32 Å². The van der Waals surface area contributed by atoms with Crippen LogP contribution < -0.4 is 10.1 Å². The third kappa shape index (κ3) is 4.61. The zero-order valence-corrected chi connectivity index (χ0v) is 13.6. The highest BCUT2D eigenvalue weighted by molar-refractivity contribution is 6.39. The second-order valence-corrected chi connectivity index (χ2v) is 5.27. The lowest BCUT2D eigenvalue weighted by Gasteiger charge is -2.10. The Morgan fingerprint density at radius 2 is 1.74 bits per heavy atom. The molecule has 2 rings (SSSR count). The number of anilines is 1. The first kappa shape index (κ1) is 17.1. The van der Waals surface area contributed by atoms with Crippen LogP contribution in [0.15, 0.2) is 42.5 Å². The van der Waals surface area contributed by atoms with Crippen molar-refractivity contribution in [1.29, 1.82) is 0 Å². The van der Waals surface area contributed by atoms with Gasteiger partial charge in [0, 0.05) is 0 Å². The van der Waals surface area contributed by atoms with Crippen molar-refractivity contribution in [3.63, 3.8) is 0 Å². The molecular formula is C16H13Cl2NO4. The second-order valence-electron chi connectivity index (χ2n) is 4.45. The molecule has 0 aliphatic heterocycles. The van der Waals surface area contributed by atoms with Crippen LogP contribution in [-0.2, 0) is 9.53 Å². The first-order valence-electron chi connectivity index (χ1n) is 6.56. The predicted molar refractivity (Wildman–Crippen MR) is 88.4 cm³/mol. The molecule has 5 nitrogen and oxygen atoms in total. The maximum absolute atomic E-state index is 11.9. The van der Waals surface area contributed by atoms with Gasteiger partial charge in [0.1, 0.15) is 5.75 Å². The molecule has 0 spiro atoms. The van der Waals surface area contributed by atoms with Crippen molar-refractivity contribution >= 4 is 40.8 Å². The molecule has 0 aliphatic carbocycles. The summed E-state index contributed by atoms with van der Waals surface area (Å²) in [5.41, 5.74) is 0.561. The number of benzene rings is 2. The van der Waals surface area contributed by atoms with Crippen molar-refractivity contribution in [3.05, 3.63) is 58.1 Å². The molecule has 2 aromatic carbocycles. The zero-order chi connectivity index (χ0) is 16.8. The van der Waals surface area contributed by atoms with Gasteiger partial charge in [0.05, 0.1) is 28.4 Å². The number of hydrogen-bond acceptors (Lipinski definition) is 4. The number of methoxy groups -OCH3 is 1. The van der Waals surface area contributed by atoms with E-state index in [0.717, 1.165) is 0 Å². The van der Waals surface area contributed by atoms with E-state index in [1.807, 2.05) is 0 Å². The molecule has 0 saturated heterocycles. The summed E-state index contributed by atoms with van der Waals surface area (Å²) in [6.45, 7) is -0.461. The van der Waals surface area contributed by atoms with Gasteiger partial charge in [0.2, 0.25) is 0 Å². The molecule has 1 N–H and O–H groups in total.